The minimum absolute atomic E-state index is 0.0691. The van der Waals surface area contributed by atoms with Gasteiger partial charge in [-0.2, -0.15) is 0 Å². The molecule has 0 aliphatic rings. The van der Waals surface area contributed by atoms with Gasteiger partial charge in [-0.05, 0) is 45.4 Å². The summed E-state index contributed by atoms with van der Waals surface area (Å²) in [6.45, 7) is 7.97. The average molecular weight is 339 g/mol. The first kappa shape index (κ1) is 19.8. The standard InChI is InChI=1S/C17H25NO6/c1-10(23-14(21)16(2,3)4)24-15(22)17(5,18)9-11-6-7-12(19)13(20)8-11/h6-8,10,19-20H,9,18H2,1-5H3/t10-,17+/m0/s1. The Kier molecular flexibility index (Phi) is 5.84. The summed E-state index contributed by atoms with van der Waals surface area (Å²) in [6.07, 6.45) is -1.00. The number of carbonyl (C=O) groups excluding carboxylic acids is 2. The first-order valence-electron chi connectivity index (χ1n) is 7.55. The van der Waals surface area contributed by atoms with Crippen LogP contribution in [0.3, 0.4) is 0 Å². The molecule has 0 aliphatic heterocycles. The lowest BCUT2D eigenvalue weighted by molar-refractivity contribution is -0.193. The van der Waals surface area contributed by atoms with Crippen molar-refractivity contribution in [2.24, 2.45) is 11.1 Å². The zero-order chi connectivity index (χ0) is 18.7. The van der Waals surface area contributed by atoms with Crippen molar-refractivity contribution in [3.05, 3.63) is 23.8 Å². The van der Waals surface area contributed by atoms with Gasteiger partial charge in [0.25, 0.3) is 0 Å². The van der Waals surface area contributed by atoms with Gasteiger partial charge in [0.15, 0.2) is 11.5 Å². The van der Waals surface area contributed by atoms with Crippen molar-refractivity contribution in [2.45, 2.75) is 52.9 Å². The van der Waals surface area contributed by atoms with E-state index < -0.39 is 29.2 Å². The third kappa shape index (κ3) is 5.42. The number of esters is 2. The van der Waals surface area contributed by atoms with Gasteiger partial charge < -0.3 is 25.4 Å². The van der Waals surface area contributed by atoms with E-state index in [0.717, 1.165) is 0 Å². The van der Waals surface area contributed by atoms with Crippen LogP contribution in [0.5, 0.6) is 11.5 Å². The summed E-state index contributed by atoms with van der Waals surface area (Å²) in [7, 11) is 0. The molecule has 24 heavy (non-hydrogen) atoms. The van der Waals surface area contributed by atoms with Crippen LogP contribution in [0, 0.1) is 5.41 Å². The highest BCUT2D eigenvalue weighted by atomic mass is 16.7. The van der Waals surface area contributed by atoms with Gasteiger partial charge in [-0.1, -0.05) is 6.07 Å². The van der Waals surface area contributed by atoms with Gasteiger partial charge in [0, 0.05) is 13.3 Å². The van der Waals surface area contributed by atoms with Crippen molar-refractivity contribution in [3.8, 4) is 11.5 Å². The molecule has 0 heterocycles. The van der Waals surface area contributed by atoms with Crippen LogP contribution in [0.2, 0.25) is 0 Å². The number of benzene rings is 1. The highest BCUT2D eigenvalue weighted by molar-refractivity contribution is 5.81. The van der Waals surface area contributed by atoms with Crippen LogP contribution >= 0.6 is 0 Å². The number of nitrogens with two attached hydrogens (primary N) is 1. The highest BCUT2D eigenvalue weighted by Gasteiger charge is 2.33. The largest absolute Gasteiger partial charge is 0.504 e. The summed E-state index contributed by atoms with van der Waals surface area (Å²) in [5, 5.41) is 18.8. The van der Waals surface area contributed by atoms with Gasteiger partial charge in [-0.3, -0.25) is 4.79 Å². The molecule has 0 aromatic heterocycles. The summed E-state index contributed by atoms with van der Waals surface area (Å²) in [5.41, 5.74) is 4.42. The van der Waals surface area contributed by atoms with Crippen LogP contribution in [0.15, 0.2) is 18.2 Å². The highest BCUT2D eigenvalue weighted by Crippen LogP contribution is 2.26. The van der Waals surface area contributed by atoms with Crippen LogP contribution in [0.1, 0.15) is 40.2 Å². The Hall–Kier alpha value is -2.28. The molecule has 0 radical (unpaired) electrons. The number of hydrogen-bond donors (Lipinski definition) is 3. The molecule has 0 spiro atoms. The third-order valence-electron chi connectivity index (χ3n) is 3.24. The van der Waals surface area contributed by atoms with E-state index >= 15 is 0 Å². The lowest BCUT2D eigenvalue weighted by atomic mass is 9.94. The maximum atomic E-state index is 12.2. The zero-order valence-corrected chi connectivity index (χ0v) is 14.6. The lowest BCUT2D eigenvalue weighted by Gasteiger charge is -2.26. The van der Waals surface area contributed by atoms with E-state index in [-0.39, 0.29) is 17.9 Å². The molecule has 1 aromatic rings. The minimum Gasteiger partial charge on any atom is -0.504 e. The fourth-order valence-corrected chi connectivity index (χ4v) is 1.81. The Morgan fingerprint density at radius 1 is 1.08 bits per heavy atom. The molecule has 0 aliphatic carbocycles. The number of rotatable bonds is 5. The zero-order valence-electron chi connectivity index (χ0n) is 14.6. The second-order valence-electron chi connectivity index (χ2n) is 7.05. The first-order chi connectivity index (χ1) is 10.8. The molecule has 0 saturated carbocycles. The van der Waals surface area contributed by atoms with Crippen molar-refractivity contribution in [3.63, 3.8) is 0 Å². The predicted molar refractivity (Wildman–Crippen MR) is 87.2 cm³/mol. The normalized spacial score (nSPS) is 15.2. The van der Waals surface area contributed by atoms with Crippen LogP contribution in [0.4, 0.5) is 0 Å². The summed E-state index contributed by atoms with van der Waals surface area (Å²) in [6, 6.07) is 4.16. The molecule has 4 N–H and O–H groups in total. The van der Waals surface area contributed by atoms with Crippen LogP contribution in [0.25, 0.3) is 0 Å². The quantitative estimate of drug-likeness (QED) is 0.425. The summed E-state index contributed by atoms with van der Waals surface area (Å²) in [5.74, 6) is -1.80. The van der Waals surface area contributed by atoms with Crippen LogP contribution in [-0.2, 0) is 25.5 Å². The molecule has 1 aromatic carbocycles. The van der Waals surface area contributed by atoms with E-state index in [1.807, 2.05) is 0 Å². The molecule has 7 nitrogen and oxygen atoms in total. The molecule has 0 bridgehead atoms. The molecule has 0 saturated heterocycles. The SMILES string of the molecule is C[C@@H](OC(=O)C(C)(C)C)OC(=O)[C@](C)(N)Cc1ccc(O)c(O)c1. The number of phenols is 2. The molecule has 2 atom stereocenters. The second kappa shape index (κ2) is 7.09. The fraction of sp³-hybridized carbons (Fsp3) is 0.529. The monoisotopic (exact) mass is 339 g/mol. The maximum absolute atomic E-state index is 12.2. The van der Waals surface area contributed by atoms with E-state index in [1.165, 1.54) is 32.0 Å². The summed E-state index contributed by atoms with van der Waals surface area (Å²) in [4.78, 5) is 24.0. The van der Waals surface area contributed by atoms with Gasteiger partial charge in [0.1, 0.15) is 5.54 Å². The summed E-state index contributed by atoms with van der Waals surface area (Å²) < 4.78 is 10.1. The molecule has 0 fully saturated rings. The topological polar surface area (TPSA) is 119 Å². The first-order valence-corrected chi connectivity index (χ1v) is 7.55. The van der Waals surface area contributed by atoms with Gasteiger partial charge in [0.05, 0.1) is 5.41 Å². The Bertz CT molecular complexity index is 618. The molecule has 7 heteroatoms. The second-order valence-corrected chi connectivity index (χ2v) is 7.05. The molecular weight excluding hydrogens is 314 g/mol. The molecule has 0 unspecified atom stereocenters. The van der Waals surface area contributed by atoms with E-state index in [9.17, 15) is 19.8 Å². The van der Waals surface area contributed by atoms with Crippen molar-refractivity contribution in [2.75, 3.05) is 0 Å². The average Bonchev–Trinajstić information content (AvgIpc) is 2.41. The van der Waals surface area contributed by atoms with Gasteiger partial charge in [-0.15, -0.1) is 0 Å². The van der Waals surface area contributed by atoms with Gasteiger partial charge in [-0.25, -0.2) is 4.79 Å². The molecular formula is C17H25NO6. The number of carbonyl (C=O) groups is 2. The van der Waals surface area contributed by atoms with Crippen molar-refractivity contribution >= 4 is 11.9 Å². The molecule has 1 rings (SSSR count). The summed E-state index contributed by atoms with van der Waals surface area (Å²) >= 11 is 0. The number of ether oxygens (including phenoxy) is 2. The van der Waals surface area contributed by atoms with Crippen molar-refractivity contribution < 1.29 is 29.3 Å². The van der Waals surface area contributed by atoms with Crippen LogP contribution < -0.4 is 5.73 Å². The van der Waals surface area contributed by atoms with Crippen LogP contribution in [-0.4, -0.2) is 34.0 Å². The van der Waals surface area contributed by atoms with Gasteiger partial charge >= 0.3 is 11.9 Å². The Morgan fingerprint density at radius 2 is 1.62 bits per heavy atom. The number of aromatic hydroxyl groups is 2. The smallest absolute Gasteiger partial charge is 0.329 e. The maximum Gasteiger partial charge on any atom is 0.329 e. The Labute approximate surface area is 141 Å². The Balaban J connectivity index is 2.70. The van der Waals surface area contributed by atoms with E-state index in [1.54, 1.807) is 20.8 Å². The van der Waals surface area contributed by atoms with Crippen molar-refractivity contribution in [1.82, 2.24) is 0 Å². The fourth-order valence-electron chi connectivity index (χ4n) is 1.81. The van der Waals surface area contributed by atoms with Crippen molar-refractivity contribution in [1.29, 1.82) is 0 Å². The van der Waals surface area contributed by atoms with E-state index in [4.69, 9.17) is 15.2 Å². The third-order valence-corrected chi connectivity index (χ3v) is 3.24. The minimum atomic E-state index is -1.40. The van der Waals surface area contributed by atoms with Gasteiger partial charge in [0.2, 0.25) is 6.29 Å². The number of phenolic OH excluding ortho intramolecular Hbond substituents is 2. The predicted octanol–water partition coefficient (Wildman–Crippen LogP) is 1.84. The Morgan fingerprint density at radius 3 is 2.12 bits per heavy atom. The molecule has 0 amide bonds. The number of hydrogen-bond acceptors (Lipinski definition) is 7. The molecule has 134 valence electrons. The van der Waals surface area contributed by atoms with E-state index in [2.05, 4.69) is 0 Å². The lowest BCUT2D eigenvalue weighted by Crippen LogP contribution is -2.49. The van der Waals surface area contributed by atoms with E-state index in [0.29, 0.717) is 5.56 Å².